The molecule has 0 atom stereocenters. The molecule has 0 aliphatic carbocycles. The Kier molecular flexibility index (Phi) is 2.59. The second-order valence-corrected chi connectivity index (χ2v) is 3.14. The highest BCUT2D eigenvalue weighted by atomic mass is 16.5. The first kappa shape index (κ1) is 10.2. The lowest BCUT2D eigenvalue weighted by atomic mass is 10.2. The standard InChI is InChI=1S/C11H8O5/c12-10(13)6-15-8-3-1-7-2-4-11(14)16-9(7)5-8/h1-5H,6H2,(H,12,13). The SMILES string of the molecule is O=C(O)COc1ccc2ccc(=O)oc2c1. The molecular formula is C11H8O5. The second kappa shape index (κ2) is 4.06. The van der Waals surface area contributed by atoms with Gasteiger partial charge in [0, 0.05) is 17.5 Å². The normalized spacial score (nSPS) is 10.2. The predicted molar refractivity (Wildman–Crippen MR) is 55.6 cm³/mol. The van der Waals surface area contributed by atoms with Crippen LogP contribution in [0.4, 0.5) is 0 Å². The molecule has 0 radical (unpaired) electrons. The first-order valence-electron chi connectivity index (χ1n) is 4.54. The zero-order chi connectivity index (χ0) is 11.5. The largest absolute Gasteiger partial charge is 0.482 e. The summed E-state index contributed by atoms with van der Waals surface area (Å²) in [4.78, 5) is 21.3. The highest BCUT2D eigenvalue weighted by molar-refractivity contribution is 5.78. The van der Waals surface area contributed by atoms with Crippen molar-refractivity contribution < 1.29 is 19.1 Å². The van der Waals surface area contributed by atoms with Crippen LogP contribution < -0.4 is 10.4 Å². The van der Waals surface area contributed by atoms with E-state index in [1.54, 1.807) is 18.2 Å². The van der Waals surface area contributed by atoms with Crippen LogP contribution in [0.3, 0.4) is 0 Å². The van der Waals surface area contributed by atoms with E-state index in [1.807, 2.05) is 0 Å². The molecule has 1 aromatic heterocycles. The average molecular weight is 220 g/mol. The molecule has 0 amide bonds. The van der Waals surface area contributed by atoms with Gasteiger partial charge in [-0.2, -0.15) is 0 Å². The third kappa shape index (κ3) is 2.20. The Hall–Kier alpha value is -2.30. The fourth-order valence-electron chi connectivity index (χ4n) is 1.28. The van der Waals surface area contributed by atoms with Crippen molar-refractivity contribution in [1.29, 1.82) is 0 Å². The quantitative estimate of drug-likeness (QED) is 0.788. The van der Waals surface area contributed by atoms with Crippen LogP contribution in [0, 0.1) is 0 Å². The van der Waals surface area contributed by atoms with Gasteiger partial charge in [-0.3, -0.25) is 0 Å². The van der Waals surface area contributed by atoms with Crippen molar-refractivity contribution in [1.82, 2.24) is 0 Å². The van der Waals surface area contributed by atoms with Crippen LogP contribution >= 0.6 is 0 Å². The van der Waals surface area contributed by atoms with E-state index in [9.17, 15) is 9.59 Å². The molecule has 0 aliphatic rings. The number of carboxylic acids is 1. The lowest BCUT2D eigenvalue weighted by Crippen LogP contribution is -2.09. The maximum Gasteiger partial charge on any atom is 0.341 e. The summed E-state index contributed by atoms with van der Waals surface area (Å²) in [6.07, 6.45) is 0. The molecule has 16 heavy (non-hydrogen) atoms. The Morgan fingerprint density at radius 3 is 2.81 bits per heavy atom. The molecule has 1 aromatic carbocycles. The maximum absolute atomic E-state index is 11.0. The molecule has 0 fully saturated rings. The van der Waals surface area contributed by atoms with Gasteiger partial charge < -0.3 is 14.3 Å². The van der Waals surface area contributed by atoms with Crippen molar-refractivity contribution in [2.45, 2.75) is 0 Å². The Morgan fingerprint density at radius 2 is 2.06 bits per heavy atom. The van der Waals surface area contributed by atoms with Gasteiger partial charge in [0.15, 0.2) is 6.61 Å². The highest BCUT2D eigenvalue weighted by Crippen LogP contribution is 2.19. The molecule has 0 bridgehead atoms. The third-order valence-electron chi connectivity index (χ3n) is 1.96. The van der Waals surface area contributed by atoms with Gasteiger partial charge in [-0.05, 0) is 18.2 Å². The molecule has 2 aromatic rings. The third-order valence-corrected chi connectivity index (χ3v) is 1.96. The fourth-order valence-corrected chi connectivity index (χ4v) is 1.28. The minimum Gasteiger partial charge on any atom is -0.482 e. The number of hydrogen-bond acceptors (Lipinski definition) is 4. The Labute approximate surface area is 89.9 Å². The Bertz CT molecular complexity index is 584. The van der Waals surface area contributed by atoms with Gasteiger partial charge >= 0.3 is 11.6 Å². The molecule has 0 saturated heterocycles. The molecule has 1 heterocycles. The van der Waals surface area contributed by atoms with E-state index < -0.39 is 18.2 Å². The molecular weight excluding hydrogens is 212 g/mol. The van der Waals surface area contributed by atoms with E-state index in [-0.39, 0.29) is 0 Å². The summed E-state index contributed by atoms with van der Waals surface area (Å²) in [5.74, 6) is -0.709. The van der Waals surface area contributed by atoms with E-state index in [2.05, 4.69) is 0 Å². The number of carbonyl (C=O) groups is 1. The van der Waals surface area contributed by atoms with Crippen molar-refractivity contribution in [3.8, 4) is 5.75 Å². The smallest absolute Gasteiger partial charge is 0.341 e. The molecule has 5 nitrogen and oxygen atoms in total. The van der Waals surface area contributed by atoms with E-state index >= 15 is 0 Å². The Balaban J connectivity index is 2.35. The van der Waals surface area contributed by atoms with E-state index in [0.717, 1.165) is 5.39 Å². The average Bonchev–Trinajstić information content (AvgIpc) is 2.25. The molecule has 2 rings (SSSR count). The van der Waals surface area contributed by atoms with Gasteiger partial charge in [0.25, 0.3) is 0 Å². The minimum absolute atomic E-state index is 0.351. The number of benzene rings is 1. The van der Waals surface area contributed by atoms with Gasteiger partial charge in [-0.15, -0.1) is 0 Å². The van der Waals surface area contributed by atoms with Crippen LogP contribution in [0.1, 0.15) is 0 Å². The molecule has 5 heteroatoms. The molecule has 0 unspecified atom stereocenters. The lowest BCUT2D eigenvalue weighted by molar-refractivity contribution is -0.139. The van der Waals surface area contributed by atoms with Crippen molar-refractivity contribution in [2.24, 2.45) is 0 Å². The second-order valence-electron chi connectivity index (χ2n) is 3.14. The number of carboxylic acid groups (broad SMARTS) is 1. The number of fused-ring (bicyclic) bond motifs is 1. The van der Waals surface area contributed by atoms with Gasteiger partial charge in [-0.1, -0.05) is 0 Å². The molecule has 0 aliphatic heterocycles. The van der Waals surface area contributed by atoms with E-state index in [0.29, 0.717) is 11.3 Å². The van der Waals surface area contributed by atoms with Crippen molar-refractivity contribution >= 4 is 16.9 Å². The predicted octanol–water partition coefficient (Wildman–Crippen LogP) is 1.26. The summed E-state index contributed by atoms with van der Waals surface area (Å²) in [6.45, 7) is -0.428. The molecule has 1 N–H and O–H groups in total. The van der Waals surface area contributed by atoms with Crippen molar-refractivity contribution in [3.05, 3.63) is 40.8 Å². The van der Waals surface area contributed by atoms with Crippen LogP contribution in [-0.4, -0.2) is 17.7 Å². The number of aliphatic carboxylic acids is 1. The van der Waals surface area contributed by atoms with Gasteiger partial charge in [0.1, 0.15) is 11.3 Å². The van der Waals surface area contributed by atoms with Crippen LogP contribution in [0.5, 0.6) is 5.75 Å². The van der Waals surface area contributed by atoms with Gasteiger partial charge in [0.05, 0.1) is 0 Å². The summed E-state index contributed by atoms with van der Waals surface area (Å²) in [7, 11) is 0. The van der Waals surface area contributed by atoms with Crippen LogP contribution in [0.2, 0.25) is 0 Å². The minimum atomic E-state index is -1.06. The lowest BCUT2D eigenvalue weighted by Gasteiger charge is -2.03. The topological polar surface area (TPSA) is 76.7 Å². The number of rotatable bonds is 3. The maximum atomic E-state index is 11.0. The van der Waals surface area contributed by atoms with Gasteiger partial charge in [0.2, 0.25) is 0 Å². The summed E-state index contributed by atoms with van der Waals surface area (Å²) in [5, 5.41) is 9.19. The summed E-state index contributed by atoms with van der Waals surface area (Å²) in [6, 6.07) is 7.74. The van der Waals surface area contributed by atoms with E-state index in [4.69, 9.17) is 14.3 Å². The highest BCUT2D eigenvalue weighted by Gasteiger charge is 2.02. The molecule has 0 spiro atoms. The first-order chi connectivity index (χ1) is 7.65. The number of ether oxygens (including phenoxy) is 1. The first-order valence-corrected chi connectivity index (χ1v) is 4.54. The van der Waals surface area contributed by atoms with E-state index in [1.165, 1.54) is 12.1 Å². The van der Waals surface area contributed by atoms with Crippen LogP contribution in [0.15, 0.2) is 39.5 Å². The van der Waals surface area contributed by atoms with Crippen molar-refractivity contribution in [3.63, 3.8) is 0 Å². The zero-order valence-corrected chi connectivity index (χ0v) is 8.17. The number of hydrogen-bond donors (Lipinski definition) is 1. The van der Waals surface area contributed by atoms with Crippen LogP contribution in [0.25, 0.3) is 11.0 Å². The Morgan fingerprint density at radius 1 is 1.31 bits per heavy atom. The fraction of sp³-hybridized carbons (Fsp3) is 0.0909. The molecule has 0 saturated carbocycles. The summed E-state index contributed by atoms with van der Waals surface area (Å²) >= 11 is 0. The summed E-state index contributed by atoms with van der Waals surface area (Å²) in [5.41, 5.74) is -0.0849. The van der Waals surface area contributed by atoms with Crippen molar-refractivity contribution in [2.75, 3.05) is 6.61 Å². The molecule has 82 valence electrons. The zero-order valence-electron chi connectivity index (χ0n) is 8.17. The summed E-state index contributed by atoms with van der Waals surface area (Å²) < 4.78 is 9.88. The monoisotopic (exact) mass is 220 g/mol. The van der Waals surface area contributed by atoms with Crippen LogP contribution in [-0.2, 0) is 4.79 Å². The van der Waals surface area contributed by atoms with Gasteiger partial charge in [-0.25, -0.2) is 9.59 Å².